The Morgan fingerprint density at radius 2 is 1.82 bits per heavy atom. The topological polar surface area (TPSA) is 46.6 Å². The van der Waals surface area contributed by atoms with Crippen molar-refractivity contribution in [1.29, 1.82) is 0 Å². The van der Waals surface area contributed by atoms with Crippen LogP contribution in [-0.4, -0.2) is 39.0 Å². The molecular weight excluding hydrogens is 319 g/mol. The van der Waals surface area contributed by atoms with Gasteiger partial charge < -0.3 is 9.08 Å². The minimum atomic E-state index is -5.62. The van der Waals surface area contributed by atoms with Gasteiger partial charge in [-0.3, -0.25) is 0 Å². The molecule has 0 atom stereocenters. The van der Waals surface area contributed by atoms with Crippen molar-refractivity contribution in [2.75, 3.05) is 20.1 Å². The molecule has 8 heteroatoms. The number of aryl methyl sites for hydroxylation is 1. The highest BCUT2D eigenvalue weighted by atomic mass is 32.2. The molecule has 2 rings (SSSR count). The van der Waals surface area contributed by atoms with Gasteiger partial charge in [0.15, 0.2) is 0 Å². The molecular formula is C14H18F3NO3S. The maximum Gasteiger partial charge on any atom is 0.534 e. The highest BCUT2D eigenvalue weighted by Gasteiger charge is 2.48. The van der Waals surface area contributed by atoms with Gasteiger partial charge in [-0.15, -0.1) is 0 Å². The van der Waals surface area contributed by atoms with Crippen LogP contribution in [0.4, 0.5) is 13.2 Å². The van der Waals surface area contributed by atoms with Gasteiger partial charge in [-0.2, -0.15) is 21.6 Å². The third-order valence-corrected chi connectivity index (χ3v) is 4.84. The van der Waals surface area contributed by atoms with E-state index in [-0.39, 0.29) is 5.75 Å². The molecule has 0 aliphatic carbocycles. The molecule has 0 aromatic heterocycles. The zero-order chi connectivity index (χ0) is 16.5. The molecule has 0 spiro atoms. The molecule has 1 saturated heterocycles. The molecule has 1 aliphatic heterocycles. The van der Waals surface area contributed by atoms with E-state index in [4.69, 9.17) is 0 Å². The van der Waals surface area contributed by atoms with Crippen molar-refractivity contribution in [1.82, 2.24) is 4.90 Å². The van der Waals surface area contributed by atoms with E-state index in [1.165, 1.54) is 6.07 Å². The standard InChI is InChI=1S/C14H18F3NO3S/c1-10-9-12(11-5-7-18(2)8-6-11)3-4-13(10)21-22(19,20)14(15,16)17/h3-4,9,11H,5-8H2,1-2H3. The largest absolute Gasteiger partial charge is 0.534 e. The smallest absolute Gasteiger partial charge is 0.376 e. The van der Waals surface area contributed by atoms with Crippen LogP contribution in [0.25, 0.3) is 0 Å². The molecule has 0 unspecified atom stereocenters. The van der Waals surface area contributed by atoms with Crippen molar-refractivity contribution in [3.05, 3.63) is 29.3 Å². The average molecular weight is 337 g/mol. The first-order valence-corrected chi connectivity index (χ1v) is 8.31. The minimum Gasteiger partial charge on any atom is -0.376 e. The fraction of sp³-hybridized carbons (Fsp3) is 0.571. The summed E-state index contributed by atoms with van der Waals surface area (Å²) in [6.07, 6.45) is 1.94. The van der Waals surface area contributed by atoms with Crippen molar-refractivity contribution in [3.63, 3.8) is 0 Å². The molecule has 1 aromatic rings. The number of rotatable bonds is 3. The van der Waals surface area contributed by atoms with Crippen molar-refractivity contribution in [3.8, 4) is 5.75 Å². The van der Waals surface area contributed by atoms with E-state index in [1.54, 1.807) is 19.1 Å². The lowest BCUT2D eigenvalue weighted by Gasteiger charge is -2.29. The third-order valence-electron chi connectivity index (χ3n) is 3.87. The first-order chi connectivity index (χ1) is 10.1. The summed E-state index contributed by atoms with van der Waals surface area (Å²) in [5, 5.41) is 0. The van der Waals surface area contributed by atoms with Crippen LogP contribution in [0.3, 0.4) is 0 Å². The van der Waals surface area contributed by atoms with E-state index in [1.807, 2.05) is 7.05 Å². The zero-order valence-electron chi connectivity index (χ0n) is 12.4. The molecule has 0 bridgehead atoms. The summed E-state index contributed by atoms with van der Waals surface area (Å²) in [5.74, 6) is 0.0529. The quantitative estimate of drug-likeness (QED) is 0.628. The molecule has 4 nitrogen and oxygen atoms in total. The molecule has 22 heavy (non-hydrogen) atoms. The van der Waals surface area contributed by atoms with Gasteiger partial charge >= 0.3 is 15.6 Å². The summed E-state index contributed by atoms with van der Waals surface area (Å²) in [7, 11) is -3.58. The molecule has 0 N–H and O–H groups in total. The monoisotopic (exact) mass is 337 g/mol. The summed E-state index contributed by atoms with van der Waals surface area (Å²) < 4.78 is 63.3. The van der Waals surface area contributed by atoms with Crippen molar-refractivity contribution in [2.45, 2.75) is 31.2 Å². The van der Waals surface area contributed by atoms with Gasteiger partial charge in [0.1, 0.15) is 5.75 Å². The van der Waals surface area contributed by atoms with Crippen LogP contribution in [-0.2, 0) is 10.1 Å². The van der Waals surface area contributed by atoms with Gasteiger partial charge in [-0.05, 0) is 63.0 Å². The molecule has 1 heterocycles. The summed E-state index contributed by atoms with van der Waals surface area (Å²) in [6, 6.07) is 4.65. The van der Waals surface area contributed by atoms with Crippen LogP contribution in [0.1, 0.15) is 29.9 Å². The van der Waals surface area contributed by atoms with Gasteiger partial charge in [0.05, 0.1) is 0 Å². The van der Waals surface area contributed by atoms with E-state index < -0.39 is 15.6 Å². The Balaban J connectivity index is 2.17. The summed E-state index contributed by atoms with van der Waals surface area (Å²) in [4.78, 5) is 2.22. The fourth-order valence-electron chi connectivity index (χ4n) is 2.53. The lowest BCUT2D eigenvalue weighted by Crippen LogP contribution is -2.29. The predicted octanol–water partition coefficient (Wildman–Crippen LogP) is 3.03. The van der Waals surface area contributed by atoms with Crippen molar-refractivity contribution >= 4 is 10.1 Å². The predicted molar refractivity (Wildman–Crippen MR) is 76.3 cm³/mol. The number of alkyl halides is 3. The second-order valence-corrected chi connectivity index (χ2v) is 7.12. The van der Waals surface area contributed by atoms with Crippen molar-refractivity contribution in [2.24, 2.45) is 0 Å². The number of benzene rings is 1. The van der Waals surface area contributed by atoms with Gasteiger partial charge in [0, 0.05) is 0 Å². The molecule has 124 valence electrons. The Morgan fingerprint density at radius 1 is 1.23 bits per heavy atom. The van der Waals surface area contributed by atoms with Crippen LogP contribution in [0.5, 0.6) is 5.75 Å². The lowest BCUT2D eigenvalue weighted by molar-refractivity contribution is -0.0500. The number of halogens is 3. The zero-order valence-corrected chi connectivity index (χ0v) is 13.2. The first kappa shape index (κ1) is 17.1. The van der Waals surface area contributed by atoms with E-state index in [2.05, 4.69) is 9.08 Å². The van der Waals surface area contributed by atoms with E-state index in [9.17, 15) is 21.6 Å². The molecule has 0 amide bonds. The summed E-state index contributed by atoms with van der Waals surface area (Å²) in [6.45, 7) is 3.47. The summed E-state index contributed by atoms with van der Waals surface area (Å²) in [5.41, 5.74) is -4.04. The van der Waals surface area contributed by atoms with Crippen LogP contribution in [0, 0.1) is 6.92 Å². The molecule has 0 saturated carbocycles. The molecule has 1 aliphatic rings. The Labute approximate surface area is 128 Å². The van der Waals surface area contributed by atoms with Gasteiger partial charge in [0.2, 0.25) is 0 Å². The van der Waals surface area contributed by atoms with E-state index >= 15 is 0 Å². The van der Waals surface area contributed by atoms with Crippen LogP contribution >= 0.6 is 0 Å². The number of hydrogen-bond acceptors (Lipinski definition) is 4. The number of hydrogen-bond donors (Lipinski definition) is 0. The average Bonchev–Trinajstić information content (AvgIpc) is 2.40. The van der Waals surface area contributed by atoms with Crippen LogP contribution in [0.2, 0.25) is 0 Å². The molecule has 0 radical (unpaired) electrons. The maximum absolute atomic E-state index is 12.3. The molecule has 1 aromatic carbocycles. The van der Waals surface area contributed by atoms with E-state index in [0.29, 0.717) is 11.5 Å². The maximum atomic E-state index is 12.3. The second-order valence-electron chi connectivity index (χ2n) is 5.59. The number of nitrogens with zero attached hydrogens (tertiary/aromatic N) is 1. The highest BCUT2D eigenvalue weighted by molar-refractivity contribution is 7.88. The SMILES string of the molecule is Cc1cc(C2CCN(C)CC2)ccc1OS(=O)(=O)C(F)(F)F. The third kappa shape index (κ3) is 3.73. The van der Waals surface area contributed by atoms with Gasteiger partial charge in [-0.25, -0.2) is 0 Å². The Kier molecular flexibility index (Phi) is 4.72. The van der Waals surface area contributed by atoms with Gasteiger partial charge in [0.25, 0.3) is 0 Å². The lowest BCUT2D eigenvalue weighted by atomic mass is 9.89. The summed E-state index contributed by atoms with van der Waals surface area (Å²) >= 11 is 0. The highest BCUT2D eigenvalue weighted by Crippen LogP contribution is 2.33. The normalized spacial score (nSPS) is 18.4. The number of likely N-dealkylation sites (tertiary alicyclic amines) is 1. The number of piperidine rings is 1. The van der Waals surface area contributed by atoms with E-state index in [0.717, 1.165) is 31.5 Å². The van der Waals surface area contributed by atoms with Crippen LogP contribution < -0.4 is 4.18 Å². The second kappa shape index (κ2) is 6.08. The minimum absolute atomic E-state index is 0.283. The van der Waals surface area contributed by atoms with Gasteiger partial charge in [-0.1, -0.05) is 12.1 Å². The first-order valence-electron chi connectivity index (χ1n) is 6.90. The van der Waals surface area contributed by atoms with Crippen molar-refractivity contribution < 1.29 is 25.8 Å². The Hall–Kier alpha value is -1.28. The fourth-order valence-corrected chi connectivity index (χ4v) is 3.05. The molecule has 1 fully saturated rings. The Bertz CT molecular complexity index is 635. The Morgan fingerprint density at radius 3 is 2.32 bits per heavy atom. The van der Waals surface area contributed by atoms with Crippen LogP contribution in [0.15, 0.2) is 18.2 Å².